The highest BCUT2D eigenvalue weighted by atomic mass is 127. The first-order chi connectivity index (χ1) is 7.59. The molecule has 1 heterocycles. The summed E-state index contributed by atoms with van der Waals surface area (Å²) >= 11 is 2.13. The number of carbonyl (C=O) groups is 1. The minimum Gasteiger partial charge on any atom is -0.454 e. The molecule has 1 rings (SSSR count). The lowest BCUT2D eigenvalue weighted by molar-refractivity contribution is 0.217. The van der Waals surface area contributed by atoms with Crippen molar-refractivity contribution in [3.05, 3.63) is 21.7 Å². The fourth-order valence-corrected chi connectivity index (χ4v) is 1.54. The van der Waals surface area contributed by atoms with Crippen molar-refractivity contribution in [2.45, 2.75) is 6.54 Å². The monoisotopic (exact) mass is 337 g/mol. The van der Waals surface area contributed by atoms with Crippen LogP contribution in [-0.4, -0.2) is 38.1 Å². The van der Waals surface area contributed by atoms with Gasteiger partial charge in [-0.2, -0.15) is 0 Å². The van der Waals surface area contributed by atoms with E-state index in [1.54, 1.807) is 14.1 Å². The van der Waals surface area contributed by atoms with Gasteiger partial charge in [0.05, 0.1) is 6.54 Å². The van der Waals surface area contributed by atoms with Crippen LogP contribution in [0.3, 0.4) is 0 Å². The number of hydrogen-bond acceptors (Lipinski definition) is 3. The number of nitrogens with one attached hydrogen (secondary N) is 2. The molecular weight excluding hydrogens is 321 g/mol. The highest BCUT2D eigenvalue weighted by molar-refractivity contribution is 14.1. The van der Waals surface area contributed by atoms with Crippen molar-refractivity contribution < 1.29 is 9.21 Å². The average molecular weight is 337 g/mol. The Morgan fingerprint density at radius 2 is 2.19 bits per heavy atom. The molecule has 0 bridgehead atoms. The van der Waals surface area contributed by atoms with Crippen LogP contribution in [0.4, 0.5) is 4.79 Å². The Balaban J connectivity index is 2.06. The van der Waals surface area contributed by atoms with Crippen LogP contribution in [-0.2, 0) is 6.54 Å². The maximum Gasteiger partial charge on any atom is 0.316 e. The second kappa shape index (κ2) is 6.74. The van der Waals surface area contributed by atoms with Crippen molar-refractivity contribution in [1.82, 2.24) is 15.5 Å². The molecule has 0 fully saturated rings. The van der Waals surface area contributed by atoms with Crippen LogP contribution >= 0.6 is 22.6 Å². The van der Waals surface area contributed by atoms with Crippen LogP contribution in [0.2, 0.25) is 0 Å². The van der Waals surface area contributed by atoms with E-state index in [1.807, 2.05) is 12.1 Å². The number of hydrogen-bond donors (Lipinski definition) is 2. The van der Waals surface area contributed by atoms with Gasteiger partial charge >= 0.3 is 6.03 Å². The molecule has 0 spiro atoms. The van der Waals surface area contributed by atoms with E-state index in [0.717, 1.165) is 16.1 Å². The predicted octanol–water partition coefficient (Wildman–Crippen LogP) is 1.25. The van der Waals surface area contributed by atoms with Crippen LogP contribution in [0.5, 0.6) is 0 Å². The summed E-state index contributed by atoms with van der Waals surface area (Å²) in [6.45, 7) is 2.01. The van der Waals surface area contributed by atoms with Crippen molar-refractivity contribution >= 4 is 28.6 Å². The van der Waals surface area contributed by atoms with Gasteiger partial charge in [-0.25, -0.2) is 4.79 Å². The second-order valence-corrected chi connectivity index (χ2v) is 4.57. The van der Waals surface area contributed by atoms with Gasteiger partial charge in [-0.05, 0) is 34.7 Å². The third-order valence-electron chi connectivity index (χ3n) is 1.91. The van der Waals surface area contributed by atoms with Gasteiger partial charge in [0.2, 0.25) is 0 Å². The summed E-state index contributed by atoms with van der Waals surface area (Å²) in [5.74, 6) is 0.906. The van der Waals surface area contributed by atoms with Gasteiger partial charge in [-0.15, -0.1) is 0 Å². The Kier molecular flexibility index (Phi) is 5.61. The molecule has 0 radical (unpaired) electrons. The zero-order valence-electron chi connectivity index (χ0n) is 9.42. The summed E-state index contributed by atoms with van der Waals surface area (Å²) in [6, 6.07) is 3.79. The zero-order valence-corrected chi connectivity index (χ0v) is 11.6. The summed E-state index contributed by atoms with van der Waals surface area (Å²) in [7, 11) is 3.43. The Labute approximate surface area is 109 Å². The van der Waals surface area contributed by atoms with E-state index >= 15 is 0 Å². The Hall–Kier alpha value is -0.760. The van der Waals surface area contributed by atoms with Gasteiger partial charge in [0.25, 0.3) is 0 Å². The molecule has 1 aromatic rings. The summed E-state index contributed by atoms with van der Waals surface area (Å²) in [6.07, 6.45) is 0. The van der Waals surface area contributed by atoms with Gasteiger partial charge < -0.3 is 20.0 Å². The fraction of sp³-hybridized carbons (Fsp3) is 0.500. The van der Waals surface area contributed by atoms with Crippen molar-refractivity contribution in [3.63, 3.8) is 0 Å². The lowest BCUT2D eigenvalue weighted by atomic mass is 10.4. The molecule has 0 aromatic carbocycles. The molecule has 2 amide bonds. The van der Waals surface area contributed by atoms with E-state index < -0.39 is 0 Å². The molecule has 0 aliphatic carbocycles. The van der Waals surface area contributed by atoms with Crippen molar-refractivity contribution in [2.24, 2.45) is 0 Å². The normalized spacial score (nSPS) is 10.2. The molecule has 5 nitrogen and oxygen atoms in total. The van der Waals surface area contributed by atoms with E-state index in [9.17, 15) is 4.79 Å². The van der Waals surface area contributed by atoms with Gasteiger partial charge in [0, 0.05) is 27.2 Å². The molecule has 1 aromatic heterocycles. The van der Waals surface area contributed by atoms with Gasteiger partial charge in [-0.3, -0.25) is 0 Å². The molecule has 0 saturated heterocycles. The zero-order chi connectivity index (χ0) is 12.0. The standard InChI is InChI=1S/C10H16IN3O2/c1-14(2)10(15)13-6-5-12-7-8-3-4-9(11)16-8/h3-4,12H,5-7H2,1-2H3,(H,13,15). The molecule has 90 valence electrons. The highest BCUT2D eigenvalue weighted by Gasteiger charge is 2.01. The van der Waals surface area contributed by atoms with Gasteiger partial charge in [0.15, 0.2) is 3.77 Å². The smallest absolute Gasteiger partial charge is 0.316 e. The van der Waals surface area contributed by atoms with E-state index in [4.69, 9.17) is 4.42 Å². The number of nitrogens with zero attached hydrogens (tertiary/aromatic N) is 1. The lowest BCUT2D eigenvalue weighted by Crippen LogP contribution is -2.38. The van der Waals surface area contributed by atoms with Crippen molar-refractivity contribution in [1.29, 1.82) is 0 Å². The summed E-state index contributed by atoms with van der Waals surface area (Å²) in [4.78, 5) is 12.7. The maximum atomic E-state index is 11.1. The van der Waals surface area contributed by atoms with Crippen molar-refractivity contribution in [2.75, 3.05) is 27.2 Å². The molecule has 6 heteroatoms. The summed E-state index contributed by atoms with van der Waals surface area (Å²) in [5.41, 5.74) is 0. The third-order valence-corrected chi connectivity index (χ3v) is 2.49. The molecular formula is C10H16IN3O2. The van der Waals surface area contributed by atoms with E-state index in [-0.39, 0.29) is 6.03 Å². The number of rotatable bonds is 5. The number of halogens is 1. The van der Waals surface area contributed by atoms with Crippen LogP contribution in [0.15, 0.2) is 16.5 Å². The first kappa shape index (κ1) is 13.3. The van der Waals surface area contributed by atoms with Crippen LogP contribution in [0, 0.1) is 3.77 Å². The molecule has 0 atom stereocenters. The molecule has 0 aliphatic heterocycles. The predicted molar refractivity (Wildman–Crippen MR) is 70.2 cm³/mol. The lowest BCUT2D eigenvalue weighted by Gasteiger charge is -2.11. The van der Waals surface area contributed by atoms with Gasteiger partial charge in [-0.1, -0.05) is 0 Å². The first-order valence-electron chi connectivity index (χ1n) is 4.99. The Bertz CT molecular complexity index is 339. The largest absolute Gasteiger partial charge is 0.454 e. The van der Waals surface area contributed by atoms with E-state index in [1.165, 1.54) is 4.90 Å². The average Bonchev–Trinajstić information content (AvgIpc) is 2.63. The maximum absolute atomic E-state index is 11.1. The van der Waals surface area contributed by atoms with Crippen molar-refractivity contribution in [3.8, 4) is 0 Å². The number of amides is 2. The third kappa shape index (κ3) is 4.84. The first-order valence-corrected chi connectivity index (χ1v) is 6.07. The quantitative estimate of drug-likeness (QED) is 0.628. The molecule has 0 saturated carbocycles. The summed E-state index contributed by atoms with van der Waals surface area (Å²) in [5, 5.41) is 5.94. The van der Waals surface area contributed by atoms with E-state index in [0.29, 0.717) is 13.1 Å². The second-order valence-electron chi connectivity index (χ2n) is 3.51. The minimum absolute atomic E-state index is 0.0747. The SMILES string of the molecule is CN(C)C(=O)NCCNCc1ccc(I)o1. The minimum atomic E-state index is -0.0747. The van der Waals surface area contributed by atoms with E-state index in [2.05, 4.69) is 33.2 Å². The van der Waals surface area contributed by atoms with Crippen LogP contribution < -0.4 is 10.6 Å². The Morgan fingerprint density at radius 1 is 1.44 bits per heavy atom. The van der Waals surface area contributed by atoms with Crippen LogP contribution in [0.1, 0.15) is 5.76 Å². The molecule has 0 aliphatic rings. The summed E-state index contributed by atoms with van der Waals surface area (Å²) < 4.78 is 6.26. The molecule has 2 N–H and O–H groups in total. The number of furan rings is 1. The number of carbonyl (C=O) groups excluding carboxylic acids is 1. The fourth-order valence-electron chi connectivity index (χ4n) is 1.07. The molecule has 0 unspecified atom stereocenters. The topological polar surface area (TPSA) is 57.5 Å². The highest BCUT2D eigenvalue weighted by Crippen LogP contribution is 2.09. The molecule has 16 heavy (non-hydrogen) atoms. The Morgan fingerprint density at radius 3 is 2.75 bits per heavy atom. The number of urea groups is 1. The van der Waals surface area contributed by atoms with Gasteiger partial charge in [0.1, 0.15) is 5.76 Å². The van der Waals surface area contributed by atoms with Crippen LogP contribution in [0.25, 0.3) is 0 Å².